The van der Waals surface area contributed by atoms with Crippen molar-refractivity contribution in [2.75, 3.05) is 6.61 Å². The molecule has 0 bridgehead atoms. The molecule has 0 unspecified atom stereocenters. The van der Waals surface area contributed by atoms with Crippen molar-refractivity contribution in [2.24, 2.45) is 5.92 Å². The van der Waals surface area contributed by atoms with E-state index in [1.807, 2.05) is 42.2 Å². The van der Waals surface area contributed by atoms with Crippen LogP contribution in [0.5, 0.6) is 0 Å². The fourth-order valence-corrected chi connectivity index (χ4v) is 5.72. The van der Waals surface area contributed by atoms with E-state index in [0.29, 0.717) is 13.2 Å². The number of likely N-dealkylation sites (tertiary alicyclic amines) is 1. The fourth-order valence-electron chi connectivity index (χ4n) is 4.30. The Labute approximate surface area is 188 Å². The molecule has 2 amide bonds. The number of hydrogen-bond acceptors (Lipinski definition) is 4. The highest BCUT2D eigenvalue weighted by atomic mass is 28.4. The van der Waals surface area contributed by atoms with E-state index in [2.05, 4.69) is 47.7 Å². The van der Waals surface area contributed by atoms with Crippen LogP contribution in [0.3, 0.4) is 0 Å². The van der Waals surface area contributed by atoms with Crippen LogP contribution in [0.25, 0.3) is 0 Å². The van der Waals surface area contributed by atoms with E-state index >= 15 is 0 Å². The average molecular weight is 447 g/mol. The van der Waals surface area contributed by atoms with Crippen molar-refractivity contribution in [3.05, 3.63) is 35.9 Å². The number of rotatable bonds is 7. The predicted octanol–water partition coefficient (Wildman–Crippen LogP) is 4.65. The molecule has 3 rings (SSSR count). The van der Waals surface area contributed by atoms with Crippen molar-refractivity contribution in [3.63, 3.8) is 0 Å². The Morgan fingerprint density at radius 3 is 2.29 bits per heavy atom. The average Bonchev–Trinajstić information content (AvgIpc) is 3.04. The number of nitrogens with zero attached hydrogens (tertiary/aromatic N) is 2. The van der Waals surface area contributed by atoms with Crippen LogP contribution < -0.4 is 0 Å². The molecule has 2 aliphatic heterocycles. The van der Waals surface area contributed by atoms with Crippen LogP contribution in [0.4, 0.5) is 4.79 Å². The van der Waals surface area contributed by atoms with Gasteiger partial charge in [0.2, 0.25) is 5.91 Å². The largest absolute Gasteiger partial charge is 0.447 e. The van der Waals surface area contributed by atoms with Gasteiger partial charge in [-0.3, -0.25) is 9.69 Å². The zero-order chi connectivity index (χ0) is 23.1. The molecular weight excluding hydrogens is 408 g/mol. The molecule has 1 aromatic rings. The lowest BCUT2D eigenvalue weighted by Crippen LogP contribution is -2.75. The van der Waals surface area contributed by atoms with E-state index in [-0.39, 0.29) is 41.1 Å². The van der Waals surface area contributed by atoms with Crippen LogP contribution in [-0.2, 0) is 20.5 Å². The van der Waals surface area contributed by atoms with Gasteiger partial charge in [-0.2, -0.15) is 0 Å². The highest BCUT2D eigenvalue weighted by Crippen LogP contribution is 2.41. The van der Waals surface area contributed by atoms with E-state index in [0.717, 1.165) is 5.56 Å². The van der Waals surface area contributed by atoms with Gasteiger partial charge in [0.15, 0.2) is 8.32 Å². The highest BCUT2D eigenvalue weighted by Gasteiger charge is 2.58. The first kappa shape index (κ1) is 23.8. The first-order chi connectivity index (χ1) is 14.3. The molecule has 0 N–H and O–H groups in total. The molecule has 6 nitrogen and oxygen atoms in total. The van der Waals surface area contributed by atoms with Crippen molar-refractivity contribution < 1.29 is 18.8 Å². The summed E-state index contributed by atoms with van der Waals surface area (Å²) < 4.78 is 12.1. The van der Waals surface area contributed by atoms with Crippen LogP contribution in [0.15, 0.2) is 30.3 Å². The third kappa shape index (κ3) is 4.53. The number of β-lactam (4-membered cyclic amide) rings is 1. The monoisotopic (exact) mass is 446 g/mol. The third-order valence-corrected chi connectivity index (χ3v) is 11.8. The van der Waals surface area contributed by atoms with E-state index in [1.54, 1.807) is 4.90 Å². The van der Waals surface area contributed by atoms with Gasteiger partial charge in [-0.05, 0) is 36.5 Å². The van der Waals surface area contributed by atoms with Gasteiger partial charge in [-0.1, -0.05) is 65.0 Å². The molecule has 31 heavy (non-hydrogen) atoms. The minimum Gasteiger partial charge on any atom is -0.447 e. The SMILES string of the molecule is CC(C)[C@H]1COC(=O)N1[C@@H]1C(=O)N(Cc2ccccc2)[C@@H]1[C@@H](C)O[Si](C)(C)C(C)(C)C. The van der Waals surface area contributed by atoms with Crippen LogP contribution in [0, 0.1) is 5.92 Å². The van der Waals surface area contributed by atoms with Crippen molar-refractivity contribution in [2.45, 2.75) is 90.4 Å². The van der Waals surface area contributed by atoms with Gasteiger partial charge >= 0.3 is 6.09 Å². The van der Waals surface area contributed by atoms with Crippen molar-refractivity contribution in [1.29, 1.82) is 0 Å². The molecule has 4 atom stereocenters. The van der Waals surface area contributed by atoms with Crippen molar-refractivity contribution in [3.8, 4) is 0 Å². The van der Waals surface area contributed by atoms with Crippen molar-refractivity contribution in [1.82, 2.24) is 9.80 Å². The maximum atomic E-state index is 13.4. The van der Waals surface area contributed by atoms with E-state index in [9.17, 15) is 9.59 Å². The summed E-state index contributed by atoms with van der Waals surface area (Å²) in [7, 11) is -2.05. The number of carbonyl (C=O) groups excluding carboxylic acids is 2. The predicted molar refractivity (Wildman–Crippen MR) is 124 cm³/mol. The molecule has 0 aromatic heterocycles. The quantitative estimate of drug-likeness (QED) is 0.452. The number of hydrogen-bond donors (Lipinski definition) is 0. The summed E-state index contributed by atoms with van der Waals surface area (Å²) in [5, 5.41) is 0.0574. The van der Waals surface area contributed by atoms with Gasteiger partial charge in [0.25, 0.3) is 0 Å². The topological polar surface area (TPSA) is 59.1 Å². The number of amides is 2. The highest BCUT2D eigenvalue weighted by molar-refractivity contribution is 6.74. The van der Waals surface area contributed by atoms with Gasteiger partial charge in [-0.15, -0.1) is 0 Å². The Kier molecular flexibility index (Phi) is 6.59. The van der Waals surface area contributed by atoms with Gasteiger partial charge in [0.05, 0.1) is 18.2 Å². The molecule has 0 saturated carbocycles. The zero-order valence-electron chi connectivity index (χ0n) is 20.2. The lowest BCUT2D eigenvalue weighted by molar-refractivity contribution is -0.166. The smallest absolute Gasteiger partial charge is 0.410 e. The summed E-state index contributed by atoms with van der Waals surface area (Å²) in [6, 6.07) is 9.15. The lowest BCUT2D eigenvalue weighted by atomic mass is 9.87. The van der Waals surface area contributed by atoms with Gasteiger partial charge in [0, 0.05) is 6.54 Å². The Hall–Kier alpha value is -1.86. The van der Waals surface area contributed by atoms with E-state index < -0.39 is 14.4 Å². The molecule has 0 spiro atoms. The number of benzene rings is 1. The number of carbonyl (C=O) groups is 2. The lowest BCUT2D eigenvalue weighted by Gasteiger charge is -2.54. The van der Waals surface area contributed by atoms with Gasteiger partial charge in [0.1, 0.15) is 12.6 Å². The summed E-state index contributed by atoms with van der Waals surface area (Å²) >= 11 is 0. The summed E-state index contributed by atoms with van der Waals surface area (Å²) in [5.41, 5.74) is 1.07. The molecule has 2 heterocycles. The Morgan fingerprint density at radius 2 is 1.74 bits per heavy atom. The second-order valence-corrected chi connectivity index (χ2v) is 15.5. The number of cyclic esters (lactones) is 1. The van der Waals surface area contributed by atoms with Crippen LogP contribution in [-0.4, -0.2) is 61.0 Å². The van der Waals surface area contributed by atoms with E-state index in [1.165, 1.54) is 0 Å². The van der Waals surface area contributed by atoms with Crippen LogP contribution in [0.2, 0.25) is 18.1 Å². The molecule has 2 saturated heterocycles. The molecule has 7 heteroatoms. The third-order valence-electron chi connectivity index (χ3n) is 7.20. The summed E-state index contributed by atoms with van der Waals surface area (Å²) in [6.07, 6.45) is -0.575. The van der Waals surface area contributed by atoms with Gasteiger partial charge < -0.3 is 14.1 Å². The van der Waals surface area contributed by atoms with Crippen LogP contribution in [0.1, 0.15) is 47.1 Å². The maximum absolute atomic E-state index is 13.4. The molecular formula is C24H38N2O4Si. The molecule has 0 aliphatic carbocycles. The molecule has 2 fully saturated rings. The zero-order valence-corrected chi connectivity index (χ0v) is 21.2. The summed E-state index contributed by atoms with van der Waals surface area (Å²) in [5.74, 6) is 0.184. The summed E-state index contributed by atoms with van der Waals surface area (Å²) in [4.78, 5) is 29.6. The first-order valence-corrected chi connectivity index (χ1v) is 14.2. The number of ether oxygens (including phenoxy) is 1. The van der Waals surface area contributed by atoms with Gasteiger partial charge in [-0.25, -0.2) is 4.79 Å². The first-order valence-electron chi connectivity index (χ1n) is 11.3. The molecule has 172 valence electrons. The fraction of sp³-hybridized carbons (Fsp3) is 0.667. The second kappa shape index (κ2) is 8.58. The van der Waals surface area contributed by atoms with E-state index in [4.69, 9.17) is 9.16 Å². The molecule has 0 radical (unpaired) electrons. The van der Waals surface area contributed by atoms with Crippen LogP contribution >= 0.6 is 0 Å². The molecule has 1 aromatic carbocycles. The summed E-state index contributed by atoms with van der Waals surface area (Å²) in [6.45, 7) is 18.1. The van der Waals surface area contributed by atoms with Crippen molar-refractivity contribution >= 4 is 20.3 Å². The normalized spacial score (nSPS) is 25.6. The minimum atomic E-state index is -2.05. The maximum Gasteiger partial charge on any atom is 0.410 e. The molecule has 2 aliphatic rings. The minimum absolute atomic E-state index is 0.0240. The Bertz CT molecular complexity index is 806. The standard InChI is InChI=1S/C24H38N2O4Si/c1-16(2)19-15-29-23(28)26(19)21-20(17(3)30-31(7,8)24(4,5)6)25(22(21)27)14-18-12-10-9-11-13-18/h9-13,16-17,19-21H,14-15H2,1-8H3/t17-,19-,20-,21+/m1/s1. The second-order valence-electron chi connectivity index (χ2n) is 10.8. The Balaban J connectivity index is 1.90. The Morgan fingerprint density at radius 1 is 1.13 bits per heavy atom.